The number of aryl methyl sites for hydroxylation is 1. The number of amides is 2. The molecule has 0 radical (unpaired) electrons. The molecule has 2 atom stereocenters. The molecular weight excluding hydrogens is 408 g/mol. The van der Waals surface area contributed by atoms with Gasteiger partial charge in [0.1, 0.15) is 0 Å². The monoisotopic (exact) mass is 438 g/mol. The predicted octanol–water partition coefficient (Wildman–Crippen LogP) is 1.40. The van der Waals surface area contributed by atoms with E-state index in [2.05, 4.69) is 20.2 Å². The van der Waals surface area contributed by atoms with Crippen molar-refractivity contribution in [1.82, 2.24) is 25.2 Å². The van der Waals surface area contributed by atoms with Crippen molar-refractivity contribution in [2.45, 2.75) is 32.7 Å². The molecule has 0 aliphatic carbocycles. The van der Waals surface area contributed by atoms with Gasteiger partial charge in [-0.05, 0) is 38.5 Å². The maximum absolute atomic E-state index is 13.3. The third-order valence-corrected chi connectivity index (χ3v) is 5.96. The van der Waals surface area contributed by atoms with Crippen LogP contribution in [0.3, 0.4) is 0 Å². The minimum absolute atomic E-state index is 0.0182. The van der Waals surface area contributed by atoms with Crippen LogP contribution in [0.25, 0.3) is 0 Å². The molecule has 4 heterocycles. The SMILES string of the molecule is Cc1cnccc1C(=O)N1C[C@H](C(=O)NC(C)C)[C@@H](c2ccnc(N3CCOCC3)n2)C1. The molecule has 9 heteroatoms. The number of hydrogen-bond acceptors (Lipinski definition) is 7. The summed E-state index contributed by atoms with van der Waals surface area (Å²) < 4.78 is 5.43. The van der Waals surface area contributed by atoms with Gasteiger partial charge in [-0.1, -0.05) is 0 Å². The molecule has 2 aromatic rings. The number of nitrogens with zero attached hydrogens (tertiary/aromatic N) is 5. The third-order valence-electron chi connectivity index (χ3n) is 5.96. The van der Waals surface area contributed by atoms with Crippen LogP contribution >= 0.6 is 0 Å². The fourth-order valence-electron chi connectivity index (χ4n) is 4.29. The molecule has 9 nitrogen and oxygen atoms in total. The van der Waals surface area contributed by atoms with Crippen LogP contribution in [0.2, 0.25) is 0 Å². The number of anilines is 1. The lowest BCUT2D eigenvalue weighted by molar-refractivity contribution is -0.125. The van der Waals surface area contributed by atoms with Gasteiger partial charge >= 0.3 is 0 Å². The van der Waals surface area contributed by atoms with E-state index in [0.29, 0.717) is 37.8 Å². The first-order valence-corrected chi connectivity index (χ1v) is 11.1. The Labute approximate surface area is 188 Å². The van der Waals surface area contributed by atoms with E-state index >= 15 is 0 Å². The van der Waals surface area contributed by atoms with Gasteiger partial charge in [0.05, 0.1) is 24.8 Å². The van der Waals surface area contributed by atoms with Crippen molar-refractivity contribution in [3.05, 3.63) is 47.5 Å². The summed E-state index contributed by atoms with van der Waals surface area (Å²) in [6, 6.07) is 3.61. The van der Waals surface area contributed by atoms with Gasteiger partial charge in [-0.3, -0.25) is 14.6 Å². The van der Waals surface area contributed by atoms with Crippen LogP contribution in [-0.4, -0.2) is 77.1 Å². The summed E-state index contributed by atoms with van der Waals surface area (Å²) in [7, 11) is 0. The largest absolute Gasteiger partial charge is 0.378 e. The maximum Gasteiger partial charge on any atom is 0.254 e. The zero-order valence-corrected chi connectivity index (χ0v) is 18.8. The number of carbonyl (C=O) groups excluding carboxylic acids is 2. The molecule has 2 fully saturated rings. The second kappa shape index (κ2) is 9.60. The molecule has 2 aliphatic heterocycles. The quantitative estimate of drug-likeness (QED) is 0.753. The molecule has 170 valence electrons. The summed E-state index contributed by atoms with van der Waals surface area (Å²) in [4.78, 5) is 43.5. The molecule has 1 N–H and O–H groups in total. The summed E-state index contributed by atoms with van der Waals surface area (Å²) in [5.41, 5.74) is 2.22. The van der Waals surface area contributed by atoms with Gasteiger partial charge in [0, 0.05) is 62.3 Å². The number of hydrogen-bond donors (Lipinski definition) is 1. The van der Waals surface area contributed by atoms with E-state index in [1.165, 1.54) is 0 Å². The standard InChI is InChI=1S/C23H30N6O3/c1-15(2)26-21(30)19-14-29(22(31)17-4-6-24-12-16(17)3)13-18(19)20-5-7-25-23(27-20)28-8-10-32-11-9-28/h4-7,12,15,18-19H,8-11,13-14H2,1-3H3,(H,26,30)/t18-,19-/m0/s1. The molecule has 0 saturated carbocycles. The van der Waals surface area contributed by atoms with E-state index in [9.17, 15) is 9.59 Å². The van der Waals surface area contributed by atoms with Gasteiger partial charge in [0.2, 0.25) is 11.9 Å². The highest BCUT2D eigenvalue weighted by atomic mass is 16.5. The number of morpholine rings is 1. The first kappa shape index (κ1) is 22.1. The van der Waals surface area contributed by atoms with E-state index in [0.717, 1.165) is 24.3 Å². The van der Waals surface area contributed by atoms with Crippen molar-refractivity contribution in [3.63, 3.8) is 0 Å². The summed E-state index contributed by atoms with van der Waals surface area (Å²) in [6.07, 6.45) is 5.04. The normalized spacial score (nSPS) is 21.1. The van der Waals surface area contributed by atoms with Crippen molar-refractivity contribution in [2.24, 2.45) is 5.92 Å². The van der Waals surface area contributed by atoms with Crippen molar-refractivity contribution in [3.8, 4) is 0 Å². The highest BCUT2D eigenvalue weighted by molar-refractivity contribution is 5.96. The second-order valence-corrected chi connectivity index (χ2v) is 8.66. The Morgan fingerprint density at radius 1 is 1.16 bits per heavy atom. The van der Waals surface area contributed by atoms with Crippen molar-refractivity contribution in [2.75, 3.05) is 44.3 Å². The molecule has 2 saturated heterocycles. The number of pyridine rings is 1. The first-order chi connectivity index (χ1) is 15.4. The molecule has 4 rings (SSSR count). The van der Waals surface area contributed by atoms with Crippen LogP contribution in [0.5, 0.6) is 0 Å². The summed E-state index contributed by atoms with van der Waals surface area (Å²) in [5, 5.41) is 3.02. The van der Waals surface area contributed by atoms with Crippen LogP contribution in [0, 0.1) is 12.8 Å². The van der Waals surface area contributed by atoms with Gasteiger partial charge in [0.25, 0.3) is 5.91 Å². The number of likely N-dealkylation sites (tertiary alicyclic amines) is 1. The Hall–Kier alpha value is -3.07. The molecule has 0 spiro atoms. The van der Waals surface area contributed by atoms with Gasteiger partial charge in [-0.25, -0.2) is 9.97 Å². The molecular formula is C23H30N6O3. The predicted molar refractivity (Wildman–Crippen MR) is 119 cm³/mol. The lowest BCUT2D eigenvalue weighted by atomic mass is 9.91. The van der Waals surface area contributed by atoms with Crippen LogP contribution in [0.15, 0.2) is 30.7 Å². The van der Waals surface area contributed by atoms with Crippen molar-refractivity contribution < 1.29 is 14.3 Å². The molecule has 0 bridgehead atoms. The molecule has 32 heavy (non-hydrogen) atoms. The fourth-order valence-corrected chi connectivity index (χ4v) is 4.29. The molecule has 2 amide bonds. The van der Waals surface area contributed by atoms with E-state index in [1.807, 2.05) is 26.8 Å². The number of aromatic nitrogens is 3. The molecule has 2 aromatic heterocycles. The minimum atomic E-state index is -0.379. The van der Waals surface area contributed by atoms with Crippen LogP contribution in [0.4, 0.5) is 5.95 Å². The Morgan fingerprint density at radius 3 is 2.66 bits per heavy atom. The van der Waals surface area contributed by atoms with Crippen LogP contribution in [-0.2, 0) is 9.53 Å². The highest BCUT2D eigenvalue weighted by Crippen LogP contribution is 2.33. The van der Waals surface area contributed by atoms with E-state index in [4.69, 9.17) is 9.72 Å². The van der Waals surface area contributed by atoms with Gasteiger partial charge in [-0.15, -0.1) is 0 Å². The van der Waals surface area contributed by atoms with Gasteiger partial charge in [0.15, 0.2) is 0 Å². The molecule has 2 aliphatic rings. The highest BCUT2D eigenvalue weighted by Gasteiger charge is 2.42. The second-order valence-electron chi connectivity index (χ2n) is 8.66. The Balaban J connectivity index is 1.61. The Kier molecular flexibility index (Phi) is 6.64. The average Bonchev–Trinajstić information content (AvgIpc) is 3.25. The third kappa shape index (κ3) is 4.72. The van der Waals surface area contributed by atoms with E-state index < -0.39 is 0 Å². The summed E-state index contributed by atoms with van der Waals surface area (Å²) in [5.74, 6) is -0.0855. The van der Waals surface area contributed by atoms with Gasteiger partial charge < -0.3 is 19.9 Å². The number of ether oxygens (including phenoxy) is 1. The Bertz CT molecular complexity index is 976. The topological polar surface area (TPSA) is 101 Å². The van der Waals surface area contributed by atoms with Crippen LogP contribution < -0.4 is 10.2 Å². The van der Waals surface area contributed by atoms with Gasteiger partial charge in [-0.2, -0.15) is 0 Å². The van der Waals surface area contributed by atoms with Crippen molar-refractivity contribution in [1.29, 1.82) is 0 Å². The average molecular weight is 439 g/mol. The lowest BCUT2D eigenvalue weighted by Gasteiger charge is -2.27. The molecule has 0 unspecified atom stereocenters. The maximum atomic E-state index is 13.3. The van der Waals surface area contributed by atoms with E-state index in [-0.39, 0.29) is 29.7 Å². The number of nitrogens with one attached hydrogen (secondary N) is 1. The fraction of sp³-hybridized carbons (Fsp3) is 0.522. The first-order valence-electron chi connectivity index (χ1n) is 11.1. The molecule has 0 aromatic carbocycles. The smallest absolute Gasteiger partial charge is 0.254 e. The zero-order valence-electron chi connectivity index (χ0n) is 18.8. The lowest BCUT2D eigenvalue weighted by Crippen LogP contribution is -2.39. The summed E-state index contributed by atoms with van der Waals surface area (Å²) in [6.45, 7) is 9.27. The summed E-state index contributed by atoms with van der Waals surface area (Å²) >= 11 is 0. The Morgan fingerprint density at radius 2 is 1.94 bits per heavy atom. The minimum Gasteiger partial charge on any atom is -0.378 e. The van der Waals surface area contributed by atoms with Crippen LogP contribution in [0.1, 0.15) is 41.4 Å². The van der Waals surface area contributed by atoms with E-state index in [1.54, 1.807) is 29.6 Å². The zero-order chi connectivity index (χ0) is 22.7. The van der Waals surface area contributed by atoms with Crippen molar-refractivity contribution >= 4 is 17.8 Å². The number of rotatable bonds is 5. The number of carbonyl (C=O) groups is 2.